The molecule has 3 rings (SSSR count). The van der Waals surface area contributed by atoms with Crippen molar-refractivity contribution in [1.82, 2.24) is 5.06 Å². The van der Waals surface area contributed by atoms with Crippen molar-refractivity contribution in [3.63, 3.8) is 0 Å². The van der Waals surface area contributed by atoms with Crippen LogP contribution in [0.2, 0.25) is 0 Å². The second-order valence-electron chi connectivity index (χ2n) is 7.24. The van der Waals surface area contributed by atoms with Crippen molar-refractivity contribution in [2.45, 2.75) is 42.6 Å². The highest BCUT2D eigenvalue weighted by atomic mass is 35.6. The van der Waals surface area contributed by atoms with Crippen LogP contribution in [0.3, 0.4) is 0 Å². The Balaban J connectivity index is 1.59. The Morgan fingerprint density at radius 2 is 1.81 bits per heavy atom. The normalized spacial score (nSPS) is 22.1. The molecule has 0 radical (unpaired) electrons. The number of benzene rings is 1. The topological polar surface area (TPSA) is 110 Å². The fourth-order valence-electron chi connectivity index (χ4n) is 3.20. The number of allylic oxidation sites excluding steroid dienone is 1. The van der Waals surface area contributed by atoms with E-state index < -0.39 is 40.8 Å². The number of ether oxygens (including phenoxy) is 4. The summed E-state index contributed by atoms with van der Waals surface area (Å²) in [6.07, 6.45) is -2.01. The zero-order valence-corrected chi connectivity index (χ0v) is 19.4. The lowest BCUT2D eigenvalue weighted by molar-refractivity contribution is -0.143. The Hall–Kier alpha value is -2.04. The second kappa shape index (κ2) is 10.3. The first-order valence-electron chi connectivity index (χ1n) is 9.50. The van der Waals surface area contributed by atoms with Gasteiger partial charge in [-0.3, -0.25) is 0 Å². The first kappa shape index (κ1) is 24.6. The number of hydrogen-bond donors (Lipinski definition) is 0. The molecule has 2 aliphatic rings. The molecule has 3 unspecified atom stereocenters. The van der Waals surface area contributed by atoms with E-state index in [2.05, 4.69) is 9.73 Å². The molecule has 0 aliphatic carbocycles. The predicted octanol–water partition coefficient (Wildman–Crippen LogP) is 3.90. The molecule has 1 aromatic rings. The molecular formula is C20H20Cl3N2O7-. The SMILES string of the molecule is CC(C)=C(C(=O)OCc1ccccc1)C1C2N=C(COC(=O)OCC(Cl)(Cl)Cl)OC2N1[O-]. The Kier molecular flexibility index (Phi) is 7.89. The van der Waals surface area contributed by atoms with Crippen molar-refractivity contribution in [3.05, 3.63) is 52.2 Å². The number of hydrogen-bond acceptors (Lipinski definition) is 9. The van der Waals surface area contributed by atoms with Gasteiger partial charge in [-0.25, -0.2) is 14.6 Å². The maximum atomic E-state index is 12.7. The highest BCUT2D eigenvalue weighted by Gasteiger charge is 2.53. The van der Waals surface area contributed by atoms with Crippen molar-refractivity contribution in [2.24, 2.45) is 4.99 Å². The van der Waals surface area contributed by atoms with Crippen LogP contribution in [-0.4, -0.2) is 58.4 Å². The third kappa shape index (κ3) is 6.05. The molecule has 0 aromatic heterocycles. The monoisotopic (exact) mass is 505 g/mol. The molecule has 3 atom stereocenters. The van der Waals surface area contributed by atoms with Gasteiger partial charge in [0.25, 0.3) is 0 Å². The number of alkyl halides is 3. The van der Waals surface area contributed by atoms with E-state index in [0.717, 1.165) is 5.56 Å². The van der Waals surface area contributed by atoms with E-state index in [-0.39, 0.29) is 24.7 Å². The first-order valence-corrected chi connectivity index (χ1v) is 10.6. The van der Waals surface area contributed by atoms with Crippen LogP contribution >= 0.6 is 34.8 Å². The molecule has 1 fully saturated rings. The van der Waals surface area contributed by atoms with E-state index in [0.29, 0.717) is 10.6 Å². The Bertz CT molecular complexity index is 914. The minimum Gasteiger partial charge on any atom is -0.782 e. The van der Waals surface area contributed by atoms with Gasteiger partial charge in [-0.2, -0.15) is 0 Å². The third-order valence-electron chi connectivity index (χ3n) is 4.62. The molecule has 0 bridgehead atoms. The minimum atomic E-state index is -1.77. The molecule has 12 heteroatoms. The van der Waals surface area contributed by atoms with Gasteiger partial charge in [0.1, 0.15) is 19.3 Å². The van der Waals surface area contributed by atoms with Crippen molar-refractivity contribution in [1.29, 1.82) is 0 Å². The van der Waals surface area contributed by atoms with E-state index in [1.807, 2.05) is 30.3 Å². The predicted molar refractivity (Wildman–Crippen MR) is 117 cm³/mol. The Labute approximate surface area is 199 Å². The van der Waals surface area contributed by atoms with Gasteiger partial charge >= 0.3 is 12.1 Å². The van der Waals surface area contributed by atoms with E-state index in [9.17, 15) is 14.8 Å². The fourth-order valence-corrected chi connectivity index (χ4v) is 3.36. The molecular weight excluding hydrogens is 487 g/mol. The van der Waals surface area contributed by atoms with Crippen LogP contribution in [0.5, 0.6) is 0 Å². The fraction of sp³-hybridized carbons (Fsp3) is 0.450. The van der Waals surface area contributed by atoms with Crippen LogP contribution in [0.4, 0.5) is 4.79 Å². The summed E-state index contributed by atoms with van der Waals surface area (Å²) in [7, 11) is 0. The zero-order valence-electron chi connectivity index (χ0n) is 17.1. The lowest BCUT2D eigenvalue weighted by atomic mass is 9.88. The van der Waals surface area contributed by atoms with Crippen molar-refractivity contribution < 1.29 is 28.5 Å². The average molecular weight is 507 g/mol. The van der Waals surface area contributed by atoms with Gasteiger partial charge in [0.05, 0.1) is 11.6 Å². The van der Waals surface area contributed by atoms with Crippen LogP contribution in [0.1, 0.15) is 19.4 Å². The number of rotatable bonds is 7. The molecule has 0 amide bonds. The highest BCUT2D eigenvalue weighted by Crippen LogP contribution is 2.39. The molecule has 2 aliphatic heterocycles. The largest absolute Gasteiger partial charge is 0.782 e. The first-order chi connectivity index (χ1) is 15.1. The van der Waals surface area contributed by atoms with Crippen molar-refractivity contribution in [2.75, 3.05) is 13.2 Å². The van der Waals surface area contributed by atoms with Gasteiger partial charge in [0.2, 0.25) is 9.69 Å². The quantitative estimate of drug-likeness (QED) is 0.311. The summed E-state index contributed by atoms with van der Waals surface area (Å²) in [5.41, 5.74) is 1.67. The summed E-state index contributed by atoms with van der Waals surface area (Å²) in [6.45, 7) is 2.62. The smallest absolute Gasteiger partial charge is 0.508 e. The lowest BCUT2D eigenvalue weighted by Crippen LogP contribution is -2.64. The van der Waals surface area contributed by atoms with E-state index in [4.69, 9.17) is 49.0 Å². The summed E-state index contributed by atoms with van der Waals surface area (Å²) >= 11 is 16.5. The van der Waals surface area contributed by atoms with E-state index in [1.54, 1.807) is 13.8 Å². The van der Waals surface area contributed by atoms with Crippen LogP contribution in [0, 0.1) is 5.21 Å². The molecule has 174 valence electrons. The van der Waals surface area contributed by atoms with Crippen LogP contribution in [0.25, 0.3) is 0 Å². The summed E-state index contributed by atoms with van der Waals surface area (Å²) in [6, 6.07) is 7.67. The molecule has 32 heavy (non-hydrogen) atoms. The number of nitrogens with zero attached hydrogens (tertiary/aromatic N) is 2. The van der Waals surface area contributed by atoms with Crippen LogP contribution in [0.15, 0.2) is 46.5 Å². The average Bonchev–Trinajstić information content (AvgIpc) is 3.12. The zero-order chi connectivity index (χ0) is 23.5. The van der Waals surface area contributed by atoms with Crippen LogP contribution < -0.4 is 0 Å². The highest BCUT2D eigenvalue weighted by molar-refractivity contribution is 6.67. The maximum absolute atomic E-state index is 12.7. The summed E-state index contributed by atoms with van der Waals surface area (Å²) in [5, 5.41) is 13.2. The molecule has 0 saturated carbocycles. The second-order valence-corrected chi connectivity index (χ2v) is 9.76. The van der Waals surface area contributed by atoms with Gasteiger partial charge in [0, 0.05) is 0 Å². The molecule has 0 spiro atoms. The standard InChI is InChI=1S/C20H20Cl3N2O7/c1-11(2)14(18(26)29-8-12-6-4-3-5-7-12)16-15-17(25(16)28)32-13(24-15)9-30-19(27)31-10-20(21,22)23/h3-7,15-17H,8-10H2,1-2H3/q-1. The minimum absolute atomic E-state index is 0.0138. The van der Waals surface area contributed by atoms with Gasteiger partial charge in [-0.15, -0.1) is 0 Å². The molecule has 1 aromatic carbocycles. The molecule has 9 nitrogen and oxygen atoms in total. The molecule has 1 saturated heterocycles. The number of fused-ring (bicyclic) bond motifs is 1. The number of carbonyl (C=O) groups is 2. The van der Waals surface area contributed by atoms with Crippen molar-refractivity contribution in [3.8, 4) is 0 Å². The Morgan fingerprint density at radius 1 is 1.12 bits per heavy atom. The van der Waals surface area contributed by atoms with Gasteiger partial charge in [-0.05, 0) is 19.4 Å². The number of halogens is 3. The van der Waals surface area contributed by atoms with Gasteiger partial charge < -0.3 is 29.2 Å². The third-order valence-corrected chi connectivity index (χ3v) is 4.95. The number of esters is 1. The number of hydroxylamine groups is 2. The van der Waals surface area contributed by atoms with Crippen LogP contribution in [-0.2, 0) is 30.3 Å². The molecule has 2 heterocycles. The molecule has 0 N–H and O–H groups in total. The van der Waals surface area contributed by atoms with E-state index in [1.165, 1.54) is 0 Å². The number of aliphatic imine (C=N–C) groups is 1. The number of carbonyl (C=O) groups excluding carboxylic acids is 2. The van der Waals surface area contributed by atoms with E-state index >= 15 is 0 Å². The van der Waals surface area contributed by atoms with Gasteiger partial charge in [-0.1, -0.05) is 70.7 Å². The maximum Gasteiger partial charge on any atom is 0.508 e. The van der Waals surface area contributed by atoms with Gasteiger partial charge in [0.15, 0.2) is 12.8 Å². The lowest BCUT2D eigenvalue weighted by Gasteiger charge is -2.54. The summed E-state index contributed by atoms with van der Waals surface area (Å²) in [4.78, 5) is 28.6. The summed E-state index contributed by atoms with van der Waals surface area (Å²) in [5.74, 6) is -0.590. The Morgan fingerprint density at radius 3 is 2.44 bits per heavy atom. The summed E-state index contributed by atoms with van der Waals surface area (Å²) < 4.78 is 18.5. The van der Waals surface area contributed by atoms with Crippen molar-refractivity contribution >= 4 is 52.8 Å².